The van der Waals surface area contributed by atoms with Gasteiger partial charge in [-0.1, -0.05) is 29.8 Å². The summed E-state index contributed by atoms with van der Waals surface area (Å²) in [6.07, 6.45) is 0. The fraction of sp³-hybridized carbons (Fsp3) is 0.0435. The lowest BCUT2D eigenvalue weighted by Crippen LogP contribution is -2.16. The van der Waals surface area contributed by atoms with E-state index in [-0.39, 0.29) is 22.5 Å². The summed E-state index contributed by atoms with van der Waals surface area (Å²) in [5.41, 5.74) is 1.27. The zero-order chi connectivity index (χ0) is 20.5. The van der Waals surface area contributed by atoms with E-state index >= 15 is 0 Å². The normalized spacial score (nSPS) is 10.9. The summed E-state index contributed by atoms with van der Waals surface area (Å²) in [5, 5.41) is 0.607. The molecule has 0 fully saturated rings. The molecule has 0 bridgehead atoms. The number of hydrogen-bond donors (Lipinski definition) is 0. The predicted octanol–water partition coefficient (Wildman–Crippen LogP) is 5.78. The van der Waals surface area contributed by atoms with Crippen molar-refractivity contribution in [1.29, 1.82) is 0 Å². The van der Waals surface area contributed by atoms with E-state index in [2.05, 4.69) is 0 Å². The van der Waals surface area contributed by atoms with Gasteiger partial charge in [0.2, 0.25) is 11.2 Å². The van der Waals surface area contributed by atoms with Crippen LogP contribution in [0.5, 0.6) is 5.75 Å². The summed E-state index contributed by atoms with van der Waals surface area (Å²) in [4.78, 5) is 25.7. The van der Waals surface area contributed by atoms with Crippen LogP contribution < -0.4 is 10.2 Å². The van der Waals surface area contributed by atoms with Gasteiger partial charge in [-0.15, -0.1) is 0 Å². The van der Waals surface area contributed by atoms with Crippen LogP contribution in [-0.2, 0) is 0 Å². The average Bonchev–Trinajstić information content (AvgIpc) is 2.70. The van der Waals surface area contributed by atoms with Gasteiger partial charge in [-0.25, -0.2) is 9.18 Å². The van der Waals surface area contributed by atoms with Crippen molar-refractivity contribution < 1.29 is 18.3 Å². The molecule has 0 amide bonds. The first-order valence-electron chi connectivity index (χ1n) is 8.74. The van der Waals surface area contributed by atoms with Gasteiger partial charge in [-0.05, 0) is 61.0 Å². The van der Waals surface area contributed by atoms with E-state index in [0.29, 0.717) is 16.2 Å². The molecule has 29 heavy (non-hydrogen) atoms. The Morgan fingerprint density at radius 2 is 1.76 bits per heavy atom. The Labute approximate surface area is 170 Å². The van der Waals surface area contributed by atoms with Crippen LogP contribution in [0.25, 0.3) is 22.3 Å². The summed E-state index contributed by atoms with van der Waals surface area (Å²) >= 11 is 6.29. The first kappa shape index (κ1) is 18.9. The Balaban J connectivity index is 1.92. The van der Waals surface area contributed by atoms with Crippen LogP contribution in [0.1, 0.15) is 15.9 Å². The zero-order valence-electron chi connectivity index (χ0n) is 15.2. The third kappa shape index (κ3) is 3.65. The Morgan fingerprint density at radius 3 is 2.48 bits per heavy atom. The highest BCUT2D eigenvalue weighted by molar-refractivity contribution is 6.33. The van der Waals surface area contributed by atoms with Crippen molar-refractivity contribution in [3.8, 4) is 17.1 Å². The van der Waals surface area contributed by atoms with Gasteiger partial charge < -0.3 is 9.15 Å². The van der Waals surface area contributed by atoms with E-state index in [1.54, 1.807) is 42.5 Å². The van der Waals surface area contributed by atoms with Crippen LogP contribution in [0.2, 0.25) is 5.02 Å². The summed E-state index contributed by atoms with van der Waals surface area (Å²) in [5.74, 6) is -1.52. The fourth-order valence-corrected chi connectivity index (χ4v) is 3.16. The molecule has 0 N–H and O–H groups in total. The molecule has 4 nitrogen and oxygen atoms in total. The van der Waals surface area contributed by atoms with Gasteiger partial charge in [0.15, 0.2) is 5.76 Å². The summed E-state index contributed by atoms with van der Waals surface area (Å²) in [7, 11) is 0. The van der Waals surface area contributed by atoms with Gasteiger partial charge in [0.1, 0.15) is 11.4 Å². The number of esters is 1. The second-order valence-electron chi connectivity index (χ2n) is 6.47. The van der Waals surface area contributed by atoms with E-state index in [4.69, 9.17) is 20.8 Å². The van der Waals surface area contributed by atoms with Gasteiger partial charge in [0.25, 0.3) is 0 Å². The quantitative estimate of drug-likeness (QED) is 0.403. The lowest BCUT2D eigenvalue weighted by molar-refractivity contribution is 0.0731. The third-order valence-corrected chi connectivity index (χ3v) is 4.73. The first-order chi connectivity index (χ1) is 13.9. The maximum atomic E-state index is 13.1. The van der Waals surface area contributed by atoms with Crippen LogP contribution in [0.4, 0.5) is 4.39 Å². The first-order valence-corrected chi connectivity index (χ1v) is 9.12. The molecule has 0 aliphatic carbocycles. The highest BCUT2D eigenvalue weighted by atomic mass is 35.5. The molecule has 0 atom stereocenters. The zero-order valence-corrected chi connectivity index (χ0v) is 16.0. The molecule has 4 aromatic rings. The highest BCUT2D eigenvalue weighted by Crippen LogP contribution is 2.35. The van der Waals surface area contributed by atoms with Gasteiger partial charge >= 0.3 is 5.97 Å². The van der Waals surface area contributed by atoms with Crippen molar-refractivity contribution >= 4 is 28.5 Å². The molecule has 3 aromatic carbocycles. The van der Waals surface area contributed by atoms with Crippen LogP contribution in [-0.4, -0.2) is 5.97 Å². The smallest absolute Gasteiger partial charge is 0.343 e. The van der Waals surface area contributed by atoms with Gasteiger partial charge in [-0.2, -0.15) is 0 Å². The van der Waals surface area contributed by atoms with Crippen molar-refractivity contribution in [2.24, 2.45) is 0 Å². The van der Waals surface area contributed by atoms with Crippen molar-refractivity contribution in [3.05, 3.63) is 98.9 Å². The minimum atomic E-state index is -0.808. The van der Waals surface area contributed by atoms with Crippen molar-refractivity contribution in [2.75, 3.05) is 0 Å². The number of ether oxygens (including phenoxy) is 1. The average molecular weight is 409 g/mol. The van der Waals surface area contributed by atoms with E-state index < -0.39 is 17.2 Å². The monoisotopic (exact) mass is 408 g/mol. The Morgan fingerprint density at radius 1 is 1.03 bits per heavy atom. The number of halogens is 2. The SMILES string of the molecule is Cc1ccc2c(=O)c(OC(=O)c3ccc(F)cc3)c(-c3ccccc3Cl)oc2c1. The Hall–Kier alpha value is -3.44. The maximum Gasteiger partial charge on any atom is 0.343 e. The van der Waals surface area contributed by atoms with Crippen LogP contribution in [0, 0.1) is 12.7 Å². The molecule has 1 aromatic heterocycles. The van der Waals surface area contributed by atoms with E-state index in [0.717, 1.165) is 17.7 Å². The largest absolute Gasteiger partial charge is 0.452 e. The van der Waals surface area contributed by atoms with E-state index in [1.807, 2.05) is 6.92 Å². The van der Waals surface area contributed by atoms with E-state index in [9.17, 15) is 14.0 Å². The minimum Gasteiger partial charge on any atom is -0.452 e. The number of aryl methyl sites for hydroxylation is 1. The summed E-state index contributed by atoms with van der Waals surface area (Å²) < 4.78 is 24.5. The van der Waals surface area contributed by atoms with Crippen molar-refractivity contribution in [1.82, 2.24) is 0 Å². The third-order valence-electron chi connectivity index (χ3n) is 4.40. The number of carbonyl (C=O) groups is 1. The molecule has 0 aliphatic heterocycles. The van der Waals surface area contributed by atoms with Gasteiger partial charge in [0, 0.05) is 5.56 Å². The topological polar surface area (TPSA) is 56.5 Å². The van der Waals surface area contributed by atoms with E-state index in [1.165, 1.54) is 12.1 Å². The molecular formula is C23H14ClFO4. The molecule has 0 radical (unpaired) electrons. The Bertz CT molecular complexity index is 1290. The van der Waals surface area contributed by atoms with Gasteiger partial charge in [0.05, 0.1) is 16.0 Å². The molecular weight excluding hydrogens is 395 g/mol. The molecule has 0 spiro atoms. The molecule has 0 aliphatic rings. The van der Waals surface area contributed by atoms with Crippen molar-refractivity contribution in [3.63, 3.8) is 0 Å². The molecule has 0 saturated heterocycles. The van der Waals surface area contributed by atoms with Gasteiger partial charge in [-0.3, -0.25) is 4.79 Å². The number of rotatable bonds is 3. The molecule has 6 heteroatoms. The van der Waals surface area contributed by atoms with Crippen LogP contribution >= 0.6 is 11.6 Å². The number of hydrogen-bond acceptors (Lipinski definition) is 4. The highest BCUT2D eigenvalue weighted by Gasteiger charge is 2.22. The molecule has 4 rings (SSSR count). The van der Waals surface area contributed by atoms with Crippen LogP contribution in [0.3, 0.4) is 0 Å². The maximum absolute atomic E-state index is 13.1. The van der Waals surface area contributed by atoms with Crippen LogP contribution in [0.15, 0.2) is 75.9 Å². The molecule has 1 heterocycles. The predicted molar refractivity (Wildman–Crippen MR) is 109 cm³/mol. The summed E-state index contributed by atoms with van der Waals surface area (Å²) in [6, 6.07) is 16.7. The summed E-state index contributed by atoms with van der Waals surface area (Å²) in [6.45, 7) is 1.87. The lowest BCUT2D eigenvalue weighted by atomic mass is 10.1. The number of carbonyl (C=O) groups excluding carboxylic acids is 1. The second kappa shape index (κ2) is 7.53. The molecule has 144 valence electrons. The Kier molecular flexibility index (Phi) is 4.91. The second-order valence-corrected chi connectivity index (χ2v) is 6.87. The lowest BCUT2D eigenvalue weighted by Gasteiger charge is -2.12. The number of benzene rings is 3. The minimum absolute atomic E-state index is 0.0501. The molecule has 0 unspecified atom stereocenters. The molecule has 0 saturated carbocycles. The van der Waals surface area contributed by atoms with Crippen molar-refractivity contribution in [2.45, 2.75) is 6.92 Å². The number of fused-ring (bicyclic) bond motifs is 1. The standard InChI is InChI=1S/C23H14ClFO4/c1-13-6-11-17-19(12-13)28-21(16-4-2-3-5-18(16)24)22(20(17)26)29-23(27)14-7-9-15(25)10-8-14/h2-12H,1H3. The fourth-order valence-electron chi connectivity index (χ4n) is 2.94.